The van der Waals surface area contributed by atoms with Gasteiger partial charge in [-0.1, -0.05) is 48.5 Å². The maximum absolute atomic E-state index is 13.1. The number of anilines is 1. The van der Waals surface area contributed by atoms with Crippen molar-refractivity contribution >= 4 is 27.4 Å². The highest BCUT2D eigenvalue weighted by Crippen LogP contribution is 2.33. The summed E-state index contributed by atoms with van der Waals surface area (Å²) < 4.78 is 28.5. The summed E-state index contributed by atoms with van der Waals surface area (Å²) in [6.45, 7) is 1.55. The number of benzene rings is 2. The Labute approximate surface area is 246 Å². The van der Waals surface area contributed by atoms with Crippen LogP contribution in [0, 0.1) is 5.92 Å². The lowest BCUT2D eigenvalue weighted by molar-refractivity contribution is 0.174. The quantitative estimate of drug-likeness (QED) is 0.153. The van der Waals surface area contributed by atoms with Gasteiger partial charge in [0.1, 0.15) is 6.54 Å². The normalized spacial score (nSPS) is 19.6. The van der Waals surface area contributed by atoms with Gasteiger partial charge in [0.2, 0.25) is 0 Å². The van der Waals surface area contributed by atoms with Gasteiger partial charge < -0.3 is 10.4 Å². The Morgan fingerprint density at radius 2 is 1.81 bits per heavy atom. The van der Waals surface area contributed by atoms with Crippen LogP contribution < -0.4 is 20.1 Å². The van der Waals surface area contributed by atoms with Crippen LogP contribution >= 0.6 is 0 Å². The molecule has 2 aromatic carbocycles. The zero-order chi connectivity index (χ0) is 29.4. The Balaban J connectivity index is 1.14. The van der Waals surface area contributed by atoms with Crippen LogP contribution in [0.3, 0.4) is 0 Å². The zero-order valence-corrected chi connectivity index (χ0v) is 24.3. The van der Waals surface area contributed by atoms with Gasteiger partial charge in [0.05, 0.1) is 16.2 Å². The second-order valence-corrected chi connectivity index (χ2v) is 12.6. The number of aromatic nitrogens is 1. The molecular formula is C30H38N7O4S+. The molecule has 3 aromatic rings. The van der Waals surface area contributed by atoms with E-state index in [2.05, 4.69) is 30.9 Å². The second-order valence-electron chi connectivity index (χ2n) is 10.9. The van der Waals surface area contributed by atoms with E-state index in [1.54, 1.807) is 42.7 Å². The summed E-state index contributed by atoms with van der Waals surface area (Å²) in [6, 6.07) is 16.7. The number of sulfonamides is 1. The number of hydrogen-bond acceptors (Lipinski definition) is 8. The van der Waals surface area contributed by atoms with Crippen molar-refractivity contribution in [1.82, 2.24) is 20.3 Å². The van der Waals surface area contributed by atoms with Gasteiger partial charge in [-0.05, 0) is 66.4 Å². The van der Waals surface area contributed by atoms with Crippen LogP contribution in [0.2, 0.25) is 0 Å². The van der Waals surface area contributed by atoms with E-state index in [1.165, 1.54) is 37.8 Å². The first kappa shape index (κ1) is 29.8. The van der Waals surface area contributed by atoms with Gasteiger partial charge in [-0.15, -0.1) is 0 Å². The number of urea groups is 1. The third-order valence-electron chi connectivity index (χ3n) is 8.03. The largest absolute Gasteiger partial charge is 0.471 e. The number of pyridine rings is 1. The van der Waals surface area contributed by atoms with Gasteiger partial charge in [-0.2, -0.15) is 5.43 Å². The molecule has 0 spiro atoms. The van der Waals surface area contributed by atoms with Crippen LogP contribution in [0.25, 0.3) is 0 Å². The van der Waals surface area contributed by atoms with E-state index in [0.29, 0.717) is 36.9 Å². The number of aliphatic hydroxyl groups is 1. The highest BCUT2D eigenvalue weighted by molar-refractivity contribution is 7.92. The average molecular weight is 593 g/mol. The number of aliphatic hydroxyl groups excluding tert-OH is 1. The van der Waals surface area contributed by atoms with E-state index in [1.807, 2.05) is 18.2 Å². The van der Waals surface area contributed by atoms with Gasteiger partial charge in [0, 0.05) is 48.7 Å². The Bertz CT molecular complexity index is 1460. The minimum atomic E-state index is -3.84. The van der Waals surface area contributed by atoms with Gasteiger partial charge in [0.25, 0.3) is 10.0 Å². The summed E-state index contributed by atoms with van der Waals surface area (Å²) >= 11 is 0. The Morgan fingerprint density at radius 1 is 1.05 bits per heavy atom. The molecular weight excluding hydrogens is 554 g/mol. The van der Waals surface area contributed by atoms with E-state index in [-0.39, 0.29) is 15.5 Å². The molecule has 5 rings (SSSR count). The number of carbonyl (C=O) groups is 1. The Hall–Kier alpha value is -3.71. The van der Waals surface area contributed by atoms with E-state index in [9.17, 15) is 18.3 Å². The maximum Gasteiger partial charge on any atom is 0.471 e. The van der Waals surface area contributed by atoms with E-state index in [4.69, 9.17) is 0 Å². The highest BCUT2D eigenvalue weighted by Gasteiger charge is 2.45. The zero-order valence-electron chi connectivity index (χ0n) is 23.5. The van der Waals surface area contributed by atoms with Crippen molar-refractivity contribution in [1.29, 1.82) is 0 Å². The predicted molar refractivity (Wildman–Crippen MR) is 161 cm³/mol. The third-order valence-corrected chi connectivity index (χ3v) is 9.42. The molecule has 2 atom stereocenters. The summed E-state index contributed by atoms with van der Waals surface area (Å²) in [5, 5.41) is 21.4. The molecule has 12 heteroatoms. The Morgan fingerprint density at radius 3 is 2.48 bits per heavy atom. The number of rotatable bonds is 14. The van der Waals surface area contributed by atoms with Crippen molar-refractivity contribution < 1.29 is 18.3 Å². The SMILES string of the molecule is O=C1NN=N[N+]1(CCCC1CCCC1)c1ccc(S(=O)(=O)Nc2ccc(CCNCC(O)c3cccnc3)cc2)cc1. The fourth-order valence-electron chi connectivity index (χ4n) is 5.60. The lowest BCUT2D eigenvalue weighted by atomic mass is 10.0. The summed E-state index contributed by atoms with van der Waals surface area (Å²) in [6.07, 6.45) is 10.3. The molecule has 2 unspecified atom stereocenters. The number of nitrogens with one attached hydrogen (secondary N) is 3. The number of carbonyl (C=O) groups excluding carboxylic acids is 1. The topological polar surface area (TPSA) is 145 Å². The molecule has 0 bridgehead atoms. The molecule has 1 aliphatic heterocycles. The van der Waals surface area contributed by atoms with Gasteiger partial charge in [-0.3, -0.25) is 9.71 Å². The van der Waals surface area contributed by atoms with E-state index < -0.39 is 16.1 Å². The van der Waals surface area contributed by atoms with Crippen molar-refractivity contribution in [2.45, 2.75) is 55.9 Å². The highest BCUT2D eigenvalue weighted by atomic mass is 32.2. The summed E-state index contributed by atoms with van der Waals surface area (Å²) in [4.78, 5) is 16.9. The van der Waals surface area contributed by atoms with Gasteiger partial charge in [-0.25, -0.2) is 13.2 Å². The molecule has 0 saturated heterocycles. The van der Waals surface area contributed by atoms with Crippen molar-refractivity contribution in [3.05, 3.63) is 84.2 Å². The molecule has 2 heterocycles. The molecule has 11 nitrogen and oxygen atoms in total. The van der Waals surface area contributed by atoms with Crippen LogP contribution in [0.4, 0.5) is 16.2 Å². The first-order valence-electron chi connectivity index (χ1n) is 14.5. The van der Waals surface area contributed by atoms with Gasteiger partial charge >= 0.3 is 6.03 Å². The average Bonchev–Trinajstić information content (AvgIpc) is 3.66. The van der Waals surface area contributed by atoms with Crippen molar-refractivity contribution in [2.24, 2.45) is 16.4 Å². The molecule has 2 amide bonds. The smallest absolute Gasteiger partial charge is 0.387 e. The maximum atomic E-state index is 13.1. The fourth-order valence-corrected chi connectivity index (χ4v) is 6.66. The minimum Gasteiger partial charge on any atom is -0.387 e. The summed E-state index contributed by atoms with van der Waals surface area (Å²) in [7, 11) is -3.84. The lowest BCUT2D eigenvalue weighted by Crippen LogP contribution is -2.50. The monoisotopic (exact) mass is 592 g/mol. The summed E-state index contributed by atoms with van der Waals surface area (Å²) in [5.74, 6) is 0.703. The van der Waals surface area contributed by atoms with Gasteiger partial charge in [0.15, 0.2) is 5.69 Å². The second kappa shape index (κ2) is 13.5. The fraction of sp³-hybridized carbons (Fsp3) is 0.400. The molecule has 42 heavy (non-hydrogen) atoms. The van der Waals surface area contributed by atoms with Crippen LogP contribution in [-0.4, -0.2) is 44.2 Å². The standard InChI is InChI=1S/C30H37N7O4S/c38-29(25-8-3-18-31-21-25)22-32-19-17-24-9-11-26(12-10-24)34-42(40,41)28-15-13-27(14-16-28)37(30(39)33-35-36-37)20-4-7-23-5-1-2-6-23/h3,8-16,18,21,23,29,32,34,38H,1-2,4-7,17,19-20,22H2/p+1. The third kappa shape index (κ3) is 7.19. The van der Waals surface area contributed by atoms with Crippen molar-refractivity contribution in [3.8, 4) is 0 Å². The number of nitrogens with zero attached hydrogens (tertiary/aromatic N) is 4. The molecule has 1 aliphatic carbocycles. The van der Waals surface area contributed by atoms with Crippen LogP contribution in [0.5, 0.6) is 0 Å². The van der Waals surface area contributed by atoms with Crippen LogP contribution in [-0.2, 0) is 16.4 Å². The van der Waals surface area contributed by atoms with Crippen molar-refractivity contribution in [2.75, 3.05) is 24.4 Å². The number of hydrogen-bond donors (Lipinski definition) is 4. The first-order chi connectivity index (χ1) is 20.4. The van der Waals surface area contributed by atoms with Crippen LogP contribution in [0.15, 0.2) is 88.4 Å². The van der Waals surface area contributed by atoms with Crippen molar-refractivity contribution in [3.63, 3.8) is 0 Å². The number of amides is 2. The first-order valence-corrected chi connectivity index (χ1v) is 16.0. The van der Waals surface area contributed by atoms with Crippen LogP contribution in [0.1, 0.15) is 55.8 Å². The van der Waals surface area contributed by atoms with E-state index >= 15 is 0 Å². The summed E-state index contributed by atoms with van der Waals surface area (Å²) in [5.41, 5.74) is 5.26. The Kier molecular flexibility index (Phi) is 9.58. The lowest BCUT2D eigenvalue weighted by Gasteiger charge is -2.23. The minimum absolute atomic E-state index is 0.0901. The predicted octanol–water partition coefficient (Wildman–Crippen LogP) is 5.03. The molecule has 1 fully saturated rings. The van der Waals surface area contributed by atoms with E-state index in [0.717, 1.165) is 30.4 Å². The molecule has 2 aliphatic rings. The molecule has 0 radical (unpaired) electrons. The number of quaternary nitrogens is 1. The molecule has 1 aromatic heterocycles. The molecule has 4 N–H and O–H groups in total. The molecule has 222 valence electrons. The molecule has 1 saturated carbocycles.